The number of allylic oxidation sites excluding steroid dienone is 1. The third-order valence-electron chi connectivity index (χ3n) is 4.79. The van der Waals surface area contributed by atoms with Crippen molar-refractivity contribution in [1.82, 2.24) is 0 Å². The van der Waals surface area contributed by atoms with Gasteiger partial charge in [0, 0.05) is 11.9 Å². The molecule has 0 heterocycles. The van der Waals surface area contributed by atoms with Gasteiger partial charge in [-0.15, -0.1) is 0 Å². The van der Waals surface area contributed by atoms with E-state index >= 15 is 0 Å². The van der Waals surface area contributed by atoms with Gasteiger partial charge < -0.3 is 14.6 Å². The summed E-state index contributed by atoms with van der Waals surface area (Å²) in [7, 11) is 0. The predicted octanol–water partition coefficient (Wildman–Crippen LogP) is 0.787. The first-order valence-electron chi connectivity index (χ1n) is 9.69. The van der Waals surface area contributed by atoms with Gasteiger partial charge in [0.1, 0.15) is 0 Å². The molecule has 0 aromatic carbocycles. The van der Waals surface area contributed by atoms with E-state index in [0.29, 0.717) is 25.9 Å². The number of aliphatic carboxylic acids is 1. The van der Waals surface area contributed by atoms with E-state index < -0.39 is 17.8 Å². The maximum Gasteiger partial charge on any atom is 1.00 e. The van der Waals surface area contributed by atoms with Crippen molar-refractivity contribution in [2.24, 2.45) is 11.8 Å². The van der Waals surface area contributed by atoms with Gasteiger partial charge in [-0.05, 0) is 32.1 Å². The predicted molar refractivity (Wildman–Crippen MR) is 93.2 cm³/mol. The Kier molecular flexibility index (Phi) is 15.7. The standard InChI is InChI=1S/C20H34O4.Na/c1-2-3-4-5-6-7-8-9-10-13-16-24-20(23)18-15-12-11-14-17(18)19(21)22;/h9-10,17-18H,2-8,11-16H2,1H3,(H,21,22);/q;+1/p-1/b10-9+;. The van der Waals surface area contributed by atoms with Crippen LogP contribution in [0, 0.1) is 11.8 Å². The molecule has 0 bridgehead atoms. The van der Waals surface area contributed by atoms with Crippen LogP contribution in [0.3, 0.4) is 0 Å². The zero-order valence-corrected chi connectivity index (χ0v) is 18.1. The summed E-state index contributed by atoms with van der Waals surface area (Å²) >= 11 is 0. The van der Waals surface area contributed by atoms with Gasteiger partial charge in [0.05, 0.1) is 12.5 Å². The third kappa shape index (κ3) is 11.1. The first kappa shape index (κ1) is 24.7. The van der Waals surface area contributed by atoms with Crippen LogP contribution >= 0.6 is 0 Å². The normalized spacial score (nSPS) is 20.2. The minimum absolute atomic E-state index is 0. The molecule has 1 saturated carbocycles. The Balaban J connectivity index is 0.00000576. The first-order valence-corrected chi connectivity index (χ1v) is 9.69. The average Bonchev–Trinajstić information content (AvgIpc) is 2.59. The van der Waals surface area contributed by atoms with Crippen molar-refractivity contribution in [3.63, 3.8) is 0 Å². The number of carbonyl (C=O) groups is 2. The van der Waals surface area contributed by atoms with Crippen molar-refractivity contribution in [3.05, 3.63) is 12.2 Å². The number of rotatable bonds is 12. The Morgan fingerprint density at radius 2 is 1.56 bits per heavy atom. The molecule has 0 spiro atoms. The molecule has 2 unspecified atom stereocenters. The van der Waals surface area contributed by atoms with Crippen LogP contribution in [-0.4, -0.2) is 18.5 Å². The number of carboxylic acid groups (broad SMARTS) is 1. The summed E-state index contributed by atoms with van der Waals surface area (Å²) in [5.74, 6) is -2.67. The molecule has 0 aromatic heterocycles. The summed E-state index contributed by atoms with van der Waals surface area (Å²) in [6.07, 6.45) is 16.6. The van der Waals surface area contributed by atoms with Gasteiger partial charge in [0.2, 0.25) is 0 Å². The summed E-state index contributed by atoms with van der Waals surface area (Å²) in [6, 6.07) is 0. The summed E-state index contributed by atoms with van der Waals surface area (Å²) < 4.78 is 5.25. The maximum absolute atomic E-state index is 12.0. The molecule has 25 heavy (non-hydrogen) atoms. The summed E-state index contributed by atoms with van der Waals surface area (Å²) in [6.45, 7) is 2.56. The van der Waals surface area contributed by atoms with Crippen LogP contribution in [0.25, 0.3) is 0 Å². The fraction of sp³-hybridized carbons (Fsp3) is 0.800. The molecule has 0 N–H and O–H groups in total. The second-order valence-electron chi connectivity index (χ2n) is 6.80. The minimum Gasteiger partial charge on any atom is -0.550 e. The fourth-order valence-electron chi connectivity index (χ4n) is 3.31. The van der Waals surface area contributed by atoms with E-state index in [2.05, 4.69) is 19.1 Å². The van der Waals surface area contributed by atoms with Crippen molar-refractivity contribution < 1.29 is 49.0 Å². The summed E-state index contributed by atoms with van der Waals surface area (Å²) in [4.78, 5) is 23.1. The van der Waals surface area contributed by atoms with Crippen molar-refractivity contribution in [1.29, 1.82) is 0 Å². The van der Waals surface area contributed by atoms with E-state index in [9.17, 15) is 14.7 Å². The molecule has 0 amide bonds. The number of ether oxygens (including phenoxy) is 1. The largest absolute Gasteiger partial charge is 1.00 e. The van der Waals surface area contributed by atoms with Crippen molar-refractivity contribution in [3.8, 4) is 0 Å². The monoisotopic (exact) mass is 360 g/mol. The van der Waals surface area contributed by atoms with Crippen LogP contribution in [-0.2, 0) is 14.3 Å². The Morgan fingerprint density at radius 1 is 0.960 bits per heavy atom. The molecule has 1 fully saturated rings. The van der Waals surface area contributed by atoms with Crippen LogP contribution in [0.15, 0.2) is 12.2 Å². The van der Waals surface area contributed by atoms with E-state index in [4.69, 9.17) is 4.74 Å². The number of hydrogen-bond donors (Lipinski definition) is 0. The van der Waals surface area contributed by atoms with Gasteiger partial charge in [0.15, 0.2) is 0 Å². The number of hydrogen-bond acceptors (Lipinski definition) is 4. The Morgan fingerprint density at radius 3 is 2.24 bits per heavy atom. The first-order chi connectivity index (χ1) is 11.7. The number of unbranched alkanes of at least 4 members (excludes halogenated alkanes) is 6. The number of esters is 1. The van der Waals surface area contributed by atoms with Gasteiger partial charge in [-0.1, -0.05) is 64.0 Å². The number of carboxylic acids is 1. The molecule has 0 aliphatic heterocycles. The molecule has 1 rings (SSSR count). The van der Waals surface area contributed by atoms with Crippen LogP contribution in [0.4, 0.5) is 0 Å². The van der Waals surface area contributed by atoms with Crippen LogP contribution in [0.1, 0.15) is 84.0 Å². The molecule has 5 heteroatoms. The van der Waals surface area contributed by atoms with E-state index in [0.717, 1.165) is 19.3 Å². The Bertz CT molecular complexity index is 395. The average molecular weight is 360 g/mol. The fourth-order valence-corrected chi connectivity index (χ4v) is 3.31. The molecule has 138 valence electrons. The van der Waals surface area contributed by atoms with E-state index in [1.807, 2.05) is 0 Å². The molecular formula is C20H33NaO4. The van der Waals surface area contributed by atoms with Crippen molar-refractivity contribution in [2.45, 2.75) is 84.0 Å². The van der Waals surface area contributed by atoms with Crippen LogP contribution < -0.4 is 34.7 Å². The molecule has 4 nitrogen and oxygen atoms in total. The SMILES string of the molecule is CCCCCCCC/C=C/CCOC(=O)C1CCCCC1C(=O)[O-].[Na+]. The molecule has 1 aliphatic carbocycles. The number of carbonyl (C=O) groups excluding carboxylic acids is 2. The smallest absolute Gasteiger partial charge is 0.550 e. The van der Waals surface area contributed by atoms with Gasteiger partial charge in [0.25, 0.3) is 0 Å². The van der Waals surface area contributed by atoms with Gasteiger partial charge in [-0.2, -0.15) is 0 Å². The zero-order valence-electron chi connectivity index (χ0n) is 16.1. The second kappa shape index (κ2) is 15.9. The van der Waals surface area contributed by atoms with E-state index in [1.54, 1.807) is 0 Å². The summed E-state index contributed by atoms with van der Waals surface area (Å²) in [5, 5.41) is 11.1. The Labute approximate surface area is 175 Å². The van der Waals surface area contributed by atoms with Gasteiger partial charge in [-0.25, -0.2) is 0 Å². The molecule has 1 aliphatic rings. The van der Waals surface area contributed by atoms with Gasteiger partial charge >= 0.3 is 35.5 Å². The van der Waals surface area contributed by atoms with E-state index in [1.165, 1.54) is 38.5 Å². The van der Waals surface area contributed by atoms with Crippen LogP contribution in [0.2, 0.25) is 0 Å². The molecule has 0 radical (unpaired) electrons. The van der Waals surface area contributed by atoms with E-state index in [-0.39, 0.29) is 35.5 Å². The quantitative estimate of drug-likeness (QED) is 0.223. The van der Waals surface area contributed by atoms with Crippen molar-refractivity contribution >= 4 is 11.9 Å². The summed E-state index contributed by atoms with van der Waals surface area (Å²) in [5.41, 5.74) is 0. The Hall–Kier alpha value is -0.320. The third-order valence-corrected chi connectivity index (χ3v) is 4.79. The molecule has 0 aromatic rings. The molecular weight excluding hydrogens is 327 g/mol. The van der Waals surface area contributed by atoms with Gasteiger partial charge in [-0.3, -0.25) is 4.79 Å². The zero-order chi connectivity index (χ0) is 17.6. The van der Waals surface area contributed by atoms with Crippen LogP contribution in [0.5, 0.6) is 0 Å². The maximum atomic E-state index is 12.0. The van der Waals surface area contributed by atoms with Crippen molar-refractivity contribution in [2.75, 3.05) is 6.61 Å². The topological polar surface area (TPSA) is 66.4 Å². The molecule has 2 atom stereocenters. The molecule has 0 saturated heterocycles. The second-order valence-corrected chi connectivity index (χ2v) is 6.80. The minimum atomic E-state index is -1.12.